The summed E-state index contributed by atoms with van der Waals surface area (Å²) in [4.78, 5) is 13.6. The monoisotopic (exact) mass is 798 g/mol. The summed E-state index contributed by atoms with van der Waals surface area (Å²) < 4.78 is 14.9. The lowest BCUT2D eigenvalue weighted by Crippen LogP contribution is -2.08. The molecular formula is C42H48Br2N4O2. The quantitative estimate of drug-likeness (QED) is 0.0547. The van der Waals surface area contributed by atoms with Crippen molar-refractivity contribution in [3.8, 4) is 11.5 Å². The number of hydrogen-bond acceptors (Lipinski definition) is 2. The van der Waals surface area contributed by atoms with Crippen LogP contribution in [0.1, 0.15) is 110 Å². The van der Waals surface area contributed by atoms with Gasteiger partial charge in [0.25, 0.3) is 0 Å². The van der Waals surface area contributed by atoms with Crippen LogP contribution >= 0.6 is 31.9 Å². The molecule has 0 radical (unpaired) electrons. The highest BCUT2D eigenvalue weighted by Gasteiger charge is 2.24. The Kier molecular flexibility index (Phi) is 13.6. The molecule has 4 heterocycles. The smallest absolute Gasteiger partial charge is 0.123 e. The maximum Gasteiger partial charge on any atom is 0.123 e. The van der Waals surface area contributed by atoms with Gasteiger partial charge in [-0.15, -0.1) is 0 Å². The zero-order chi connectivity index (χ0) is 34.4. The first-order valence-corrected chi connectivity index (χ1v) is 19.6. The van der Waals surface area contributed by atoms with E-state index in [0.29, 0.717) is 0 Å². The number of unbranched alkanes of at least 4 members (excludes halogenated alkanes) is 9. The average Bonchev–Trinajstić information content (AvgIpc) is 3.97. The van der Waals surface area contributed by atoms with E-state index in [1.165, 1.54) is 51.4 Å². The van der Waals surface area contributed by atoms with Crippen LogP contribution in [0.2, 0.25) is 0 Å². The second-order valence-corrected chi connectivity index (χ2v) is 14.8. The highest BCUT2D eigenvalue weighted by atomic mass is 79.9. The number of halogens is 2. The van der Waals surface area contributed by atoms with Crippen LogP contribution in [-0.2, 0) is 0 Å². The largest absolute Gasteiger partial charge is 0.493 e. The van der Waals surface area contributed by atoms with E-state index < -0.39 is 0 Å². The van der Waals surface area contributed by atoms with Crippen molar-refractivity contribution in [2.45, 2.75) is 76.0 Å². The van der Waals surface area contributed by atoms with E-state index >= 15 is 0 Å². The van der Waals surface area contributed by atoms with E-state index in [-0.39, 0.29) is 11.8 Å². The minimum atomic E-state index is 0.0577. The number of aromatic amines is 4. The number of ether oxygens (including phenoxy) is 2. The zero-order valence-corrected chi connectivity index (χ0v) is 31.8. The molecule has 0 aliphatic rings. The van der Waals surface area contributed by atoms with Crippen molar-refractivity contribution in [1.82, 2.24) is 19.9 Å². The first kappa shape index (κ1) is 35.9. The Hall–Kier alpha value is -3.88. The first-order valence-electron chi connectivity index (χ1n) is 18.0. The third-order valence-electron chi connectivity index (χ3n) is 9.35. The molecule has 0 saturated heterocycles. The van der Waals surface area contributed by atoms with E-state index in [4.69, 9.17) is 9.47 Å². The minimum Gasteiger partial charge on any atom is -0.493 e. The summed E-state index contributed by atoms with van der Waals surface area (Å²) in [6, 6.07) is 29.4. The van der Waals surface area contributed by atoms with Gasteiger partial charge in [0, 0.05) is 67.6 Å². The lowest BCUT2D eigenvalue weighted by molar-refractivity contribution is 0.299. The summed E-state index contributed by atoms with van der Waals surface area (Å²) in [6.45, 7) is 1.47. The van der Waals surface area contributed by atoms with Crippen LogP contribution in [-0.4, -0.2) is 33.1 Å². The Bertz CT molecular complexity index is 1600. The second-order valence-electron chi connectivity index (χ2n) is 13.0. The van der Waals surface area contributed by atoms with Gasteiger partial charge in [-0.25, -0.2) is 0 Å². The molecule has 0 unspecified atom stereocenters. The van der Waals surface area contributed by atoms with Crippen molar-refractivity contribution in [3.63, 3.8) is 0 Å². The molecule has 0 atom stereocenters. The maximum absolute atomic E-state index is 6.38. The van der Waals surface area contributed by atoms with E-state index in [2.05, 4.69) is 112 Å². The number of nitrogens with one attached hydrogen (secondary N) is 4. The number of hydrogen-bond donors (Lipinski definition) is 4. The van der Waals surface area contributed by atoms with Gasteiger partial charge in [0.1, 0.15) is 11.5 Å². The molecule has 0 aliphatic carbocycles. The predicted octanol–water partition coefficient (Wildman–Crippen LogP) is 12.2. The highest BCUT2D eigenvalue weighted by molar-refractivity contribution is 9.10. The van der Waals surface area contributed by atoms with Crippen LogP contribution in [0.25, 0.3) is 0 Å². The third kappa shape index (κ3) is 9.88. The Labute approximate surface area is 313 Å². The van der Waals surface area contributed by atoms with Crippen molar-refractivity contribution in [2.75, 3.05) is 13.2 Å². The van der Waals surface area contributed by atoms with Crippen LogP contribution in [0.5, 0.6) is 11.5 Å². The molecule has 0 amide bonds. The summed E-state index contributed by atoms with van der Waals surface area (Å²) in [5.74, 6) is 2.01. The molecule has 0 aliphatic heterocycles. The van der Waals surface area contributed by atoms with Gasteiger partial charge in [-0.1, -0.05) is 83.2 Å². The van der Waals surface area contributed by atoms with Gasteiger partial charge >= 0.3 is 0 Å². The molecular weight excluding hydrogens is 752 g/mol. The summed E-state index contributed by atoms with van der Waals surface area (Å²) in [7, 11) is 0. The van der Waals surface area contributed by atoms with E-state index in [1.54, 1.807) is 0 Å². The third-order valence-corrected chi connectivity index (χ3v) is 10.3. The molecule has 0 fully saturated rings. The van der Waals surface area contributed by atoms with Crippen molar-refractivity contribution in [3.05, 3.63) is 153 Å². The second kappa shape index (κ2) is 18.9. The summed E-state index contributed by atoms with van der Waals surface area (Å²) in [5, 5.41) is 0. The maximum atomic E-state index is 6.38. The molecule has 6 nitrogen and oxygen atoms in total. The molecule has 4 N–H and O–H groups in total. The Morgan fingerprint density at radius 3 is 1.04 bits per heavy atom. The molecule has 6 aromatic rings. The van der Waals surface area contributed by atoms with Gasteiger partial charge in [0.15, 0.2) is 0 Å². The number of rotatable bonds is 21. The van der Waals surface area contributed by atoms with Crippen LogP contribution in [0, 0.1) is 0 Å². The number of aromatic nitrogens is 4. The predicted molar refractivity (Wildman–Crippen MR) is 211 cm³/mol. The van der Waals surface area contributed by atoms with Crippen molar-refractivity contribution < 1.29 is 9.47 Å². The normalized spacial score (nSPS) is 11.5. The van der Waals surface area contributed by atoms with Crippen LogP contribution in [0.15, 0.2) is 119 Å². The van der Waals surface area contributed by atoms with Crippen molar-refractivity contribution in [1.29, 1.82) is 0 Å². The molecule has 50 heavy (non-hydrogen) atoms. The lowest BCUT2D eigenvalue weighted by atomic mass is 9.92. The molecule has 0 spiro atoms. The summed E-state index contributed by atoms with van der Waals surface area (Å²) in [5.41, 5.74) is 6.88. The fraction of sp³-hybridized carbons (Fsp3) is 0.333. The molecule has 262 valence electrons. The van der Waals surface area contributed by atoms with E-state index in [0.717, 1.165) is 80.4 Å². The van der Waals surface area contributed by atoms with Crippen LogP contribution in [0.3, 0.4) is 0 Å². The molecule has 0 bridgehead atoms. The van der Waals surface area contributed by atoms with E-state index in [1.807, 2.05) is 49.1 Å². The molecule has 4 aromatic heterocycles. The van der Waals surface area contributed by atoms with Gasteiger partial charge in [0.2, 0.25) is 0 Å². The zero-order valence-electron chi connectivity index (χ0n) is 28.6. The van der Waals surface area contributed by atoms with Crippen molar-refractivity contribution >= 4 is 31.9 Å². The highest BCUT2D eigenvalue weighted by Crippen LogP contribution is 2.39. The van der Waals surface area contributed by atoms with Crippen LogP contribution in [0.4, 0.5) is 0 Å². The Morgan fingerprint density at radius 1 is 0.420 bits per heavy atom. The first-order chi connectivity index (χ1) is 24.7. The number of benzene rings is 2. The Morgan fingerprint density at radius 2 is 0.740 bits per heavy atom. The van der Waals surface area contributed by atoms with E-state index in [9.17, 15) is 0 Å². The molecule has 8 heteroatoms. The summed E-state index contributed by atoms with van der Waals surface area (Å²) in [6.07, 6.45) is 20.2. The SMILES string of the molecule is Brc1ccc(OCCCCCCCCCCCCOc2ccc(Br)cc2C(c2ccc[nH]2)c2ccc[nH]2)c(C(c2ccc[nH]2)c2ccc[nH]2)c1. The molecule has 0 saturated carbocycles. The van der Waals surface area contributed by atoms with Gasteiger partial charge in [-0.05, 0) is 97.8 Å². The van der Waals surface area contributed by atoms with Crippen LogP contribution < -0.4 is 9.47 Å². The summed E-state index contributed by atoms with van der Waals surface area (Å²) >= 11 is 7.36. The van der Waals surface area contributed by atoms with Crippen molar-refractivity contribution in [2.24, 2.45) is 0 Å². The standard InChI is InChI=1S/C42H48Br2N4O2/c43-31-19-21-39(33(29-31)41(35-15-11-23-45-35)36-16-12-24-46-36)49-27-9-7-5-3-1-2-4-6-8-10-28-50-40-22-20-32(44)30-34(40)42(37-17-13-25-47-37)38-18-14-26-48-38/h11-26,29-30,41-42,45-48H,1-10,27-28H2. The fourth-order valence-corrected chi connectivity index (χ4v) is 7.59. The Balaban J connectivity index is 0.854. The molecule has 6 rings (SSSR count). The van der Waals surface area contributed by atoms with Gasteiger partial charge < -0.3 is 29.4 Å². The topological polar surface area (TPSA) is 81.6 Å². The lowest BCUT2D eigenvalue weighted by Gasteiger charge is -2.20. The van der Waals surface area contributed by atoms with Gasteiger partial charge in [-0.2, -0.15) is 0 Å². The van der Waals surface area contributed by atoms with Gasteiger partial charge in [-0.3, -0.25) is 0 Å². The number of H-pyrrole nitrogens is 4. The minimum absolute atomic E-state index is 0.0577. The fourth-order valence-electron chi connectivity index (χ4n) is 6.84. The van der Waals surface area contributed by atoms with Gasteiger partial charge in [0.05, 0.1) is 25.0 Å². The average molecular weight is 801 g/mol. The molecule has 2 aromatic carbocycles.